The molecule has 0 saturated heterocycles. The zero-order valence-electron chi connectivity index (χ0n) is 31.7. The Morgan fingerprint density at radius 3 is 2.18 bits per heavy atom. The highest BCUT2D eigenvalue weighted by Crippen LogP contribution is 2.53. The minimum Gasteiger partial charge on any atom is -0.354 e. The van der Waals surface area contributed by atoms with Crippen LogP contribution in [0.25, 0.3) is 53.6 Å². The van der Waals surface area contributed by atoms with E-state index in [1.807, 2.05) is 11.3 Å². The van der Waals surface area contributed by atoms with Crippen molar-refractivity contribution in [2.45, 2.75) is 26.2 Å². The molecular weight excluding hydrogens is 695 g/mol. The SMILES string of the molecule is Cc1ccccc1-c1cc(-c2ccc(-c3ccccc3)cc2Nc2cccc3c2sc2ccccc23)c2c(c1)N1c3ccccc3C(C)(C)c3cccc(c31)B2. The van der Waals surface area contributed by atoms with Gasteiger partial charge in [-0.15, -0.1) is 11.3 Å². The summed E-state index contributed by atoms with van der Waals surface area (Å²) in [6.45, 7) is 6.99. The molecule has 1 N–H and O–H groups in total. The molecule has 0 aliphatic carbocycles. The summed E-state index contributed by atoms with van der Waals surface area (Å²) in [5.41, 5.74) is 20.0. The van der Waals surface area contributed by atoms with Gasteiger partial charge in [0, 0.05) is 43.5 Å². The zero-order chi connectivity index (χ0) is 37.5. The molecule has 0 amide bonds. The lowest BCUT2D eigenvalue weighted by atomic mass is 9.55. The highest BCUT2D eigenvalue weighted by atomic mass is 32.1. The fourth-order valence-corrected chi connectivity index (χ4v) is 10.6. The molecule has 1 aromatic heterocycles. The lowest BCUT2D eigenvalue weighted by molar-refractivity contribution is 0.632. The Hall–Kier alpha value is -6.36. The van der Waals surface area contributed by atoms with Gasteiger partial charge in [-0.3, -0.25) is 0 Å². The van der Waals surface area contributed by atoms with Crippen LogP contribution in [0.5, 0.6) is 0 Å². The van der Waals surface area contributed by atoms with Gasteiger partial charge in [0.05, 0.1) is 16.1 Å². The van der Waals surface area contributed by atoms with Gasteiger partial charge in [-0.1, -0.05) is 153 Å². The maximum absolute atomic E-state index is 4.05. The van der Waals surface area contributed by atoms with Gasteiger partial charge in [-0.05, 0) is 93.3 Å². The minimum atomic E-state index is -0.121. The molecule has 2 nitrogen and oxygen atoms in total. The first-order valence-corrected chi connectivity index (χ1v) is 20.4. The predicted octanol–water partition coefficient (Wildman–Crippen LogP) is 12.9. The first-order chi connectivity index (χ1) is 27.4. The van der Waals surface area contributed by atoms with E-state index in [-0.39, 0.29) is 5.41 Å². The molecular formula is C52H39BN2S. The van der Waals surface area contributed by atoms with Crippen LogP contribution in [0.2, 0.25) is 0 Å². The van der Waals surface area contributed by atoms with E-state index in [4.69, 9.17) is 0 Å². The summed E-state index contributed by atoms with van der Waals surface area (Å²) in [6, 6.07) is 62.9. The molecule has 2 aliphatic heterocycles. The molecule has 0 atom stereocenters. The van der Waals surface area contributed by atoms with Gasteiger partial charge in [0.15, 0.2) is 7.28 Å². The number of para-hydroxylation sites is 2. The molecule has 3 heterocycles. The number of nitrogens with one attached hydrogen (secondary N) is 1. The number of thiophene rings is 1. The molecule has 0 fully saturated rings. The quantitative estimate of drug-likeness (QED) is 0.177. The topological polar surface area (TPSA) is 15.3 Å². The number of rotatable bonds is 5. The third-order valence-electron chi connectivity index (χ3n) is 12.2. The third kappa shape index (κ3) is 5.02. The summed E-state index contributed by atoms with van der Waals surface area (Å²) in [5, 5.41) is 6.64. The number of nitrogens with zero attached hydrogens (tertiary/aromatic N) is 1. The molecule has 11 rings (SSSR count). The Morgan fingerprint density at radius 2 is 1.29 bits per heavy atom. The van der Waals surface area contributed by atoms with Gasteiger partial charge < -0.3 is 10.2 Å². The van der Waals surface area contributed by atoms with Gasteiger partial charge in [-0.2, -0.15) is 0 Å². The fourth-order valence-electron chi connectivity index (χ4n) is 9.42. The number of anilines is 5. The minimum absolute atomic E-state index is 0.121. The second kappa shape index (κ2) is 12.6. The molecule has 0 saturated carbocycles. The molecule has 0 bridgehead atoms. The summed E-state index contributed by atoms with van der Waals surface area (Å²) in [6.07, 6.45) is 0. The second-order valence-electron chi connectivity index (χ2n) is 15.8. The summed E-state index contributed by atoms with van der Waals surface area (Å²) >= 11 is 1.86. The van der Waals surface area contributed by atoms with Crippen molar-refractivity contribution in [2.24, 2.45) is 0 Å². The molecule has 0 unspecified atom stereocenters. The normalized spacial score (nSPS) is 13.5. The Morgan fingerprint density at radius 1 is 0.536 bits per heavy atom. The van der Waals surface area contributed by atoms with Gasteiger partial charge in [0.2, 0.25) is 0 Å². The highest BCUT2D eigenvalue weighted by Gasteiger charge is 2.41. The molecule has 0 spiro atoms. The van der Waals surface area contributed by atoms with Crippen molar-refractivity contribution in [3.63, 3.8) is 0 Å². The predicted molar refractivity (Wildman–Crippen MR) is 243 cm³/mol. The summed E-state index contributed by atoms with van der Waals surface area (Å²) < 4.78 is 2.58. The molecule has 266 valence electrons. The average Bonchev–Trinajstić information content (AvgIpc) is 3.62. The molecule has 4 heteroatoms. The van der Waals surface area contributed by atoms with E-state index in [1.165, 1.54) is 98.2 Å². The summed E-state index contributed by atoms with van der Waals surface area (Å²) in [4.78, 5) is 2.58. The number of benzene rings is 8. The van der Waals surface area contributed by atoms with E-state index in [0.29, 0.717) is 0 Å². The third-order valence-corrected chi connectivity index (χ3v) is 13.4. The molecule has 9 aromatic rings. The van der Waals surface area contributed by atoms with Crippen molar-refractivity contribution in [3.8, 4) is 33.4 Å². The van der Waals surface area contributed by atoms with Crippen LogP contribution in [0.3, 0.4) is 0 Å². The van der Waals surface area contributed by atoms with Crippen molar-refractivity contribution in [3.05, 3.63) is 187 Å². The molecule has 8 aromatic carbocycles. The Labute approximate surface area is 333 Å². The van der Waals surface area contributed by atoms with Crippen molar-refractivity contribution in [2.75, 3.05) is 10.2 Å². The standard InChI is InChI=1S/C52H39BN2S/c1-32-15-7-8-18-36(32)35-29-40(49-47(31-35)55-46-25-11-10-21-41(46)52(2,3)42-22-14-23-43(53-49)50(42)55)37-28-27-34(33-16-5-4-6-17-33)30-45(37)54-44-24-13-20-39-38-19-9-12-26-48(38)56-51(39)44/h4-31,53-54H,1-3H3. The van der Waals surface area contributed by atoms with E-state index < -0.39 is 0 Å². The maximum Gasteiger partial charge on any atom is 0.198 e. The number of aryl methyl sites for hydroxylation is 1. The molecule has 0 radical (unpaired) electrons. The Balaban J connectivity index is 1.19. The summed E-state index contributed by atoms with van der Waals surface area (Å²) in [7, 11) is 0.850. The number of fused-ring (bicyclic) bond motifs is 7. The monoisotopic (exact) mass is 734 g/mol. The van der Waals surface area contributed by atoms with E-state index in [0.717, 1.165) is 18.7 Å². The van der Waals surface area contributed by atoms with Crippen LogP contribution in [0.15, 0.2) is 170 Å². The van der Waals surface area contributed by atoms with Crippen LogP contribution in [0, 0.1) is 6.92 Å². The van der Waals surface area contributed by atoms with Crippen molar-refractivity contribution in [1.29, 1.82) is 0 Å². The lowest BCUT2D eigenvalue weighted by Crippen LogP contribution is -2.45. The second-order valence-corrected chi connectivity index (χ2v) is 16.9. The van der Waals surface area contributed by atoms with E-state index in [9.17, 15) is 0 Å². The Kier molecular flexibility index (Phi) is 7.43. The maximum atomic E-state index is 4.05. The van der Waals surface area contributed by atoms with Crippen molar-refractivity contribution >= 4 is 78.2 Å². The van der Waals surface area contributed by atoms with Gasteiger partial charge >= 0.3 is 0 Å². The smallest absolute Gasteiger partial charge is 0.198 e. The first kappa shape index (κ1) is 33.0. The zero-order valence-corrected chi connectivity index (χ0v) is 32.5. The molecule has 2 aliphatic rings. The highest BCUT2D eigenvalue weighted by molar-refractivity contribution is 7.26. The van der Waals surface area contributed by atoms with Crippen LogP contribution in [-0.2, 0) is 5.41 Å². The van der Waals surface area contributed by atoms with Gasteiger partial charge in [0.25, 0.3) is 0 Å². The summed E-state index contributed by atoms with van der Waals surface area (Å²) in [5.74, 6) is 0. The van der Waals surface area contributed by atoms with E-state index in [2.05, 4.69) is 201 Å². The largest absolute Gasteiger partial charge is 0.354 e. The molecule has 56 heavy (non-hydrogen) atoms. The first-order valence-electron chi connectivity index (χ1n) is 19.6. The van der Waals surface area contributed by atoms with Crippen molar-refractivity contribution < 1.29 is 0 Å². The number of hydrogen-bond acceptors (Lipinski definition) is 3. The fraction of sp³-hybridized carbons (Fsp3) is 0.0769. The van der Waals surface area contributed by atoms with Crippen LogP contribution in [-0.4, -0.2) is 7.28 Å². The average molecular weight is 735 g/mol. The number of hydrogen-bond donors (Lipinski definition) is 1. The lowest BCUT2D eigenvalue weighted by Gasteiger charge is -2.46. The van der Waals surface area contributed by atoms with Crippen LogP contribution in [0.1, 0.15) is 30.5 Å². The van der Waals surface area contributed by atoms with E-state index >= 15 is 0 Å². The van der Waals surface area contributed by atoms with E-state index in [1.54, 1.807) is 0 Å². The van der Waals surface area contributed by atoms with Crippen LogP contribution >= 0.6 is 11.3 Å². The van der Waals surface area contributed by atoms with Gasteiger partial charge in [-0.25, -0.2) is 0 Å². The van der Waals surface area contributed by atoms with Crippen LogP contribution < -0.4 is 21.1 Å². The van der Waals surface area contributed by atoms with Gasteiger partial charge in [0.1, 0.15) is 0 Å². The van der Waals surface area contributed by atoms with Crippen LogP contribution in [0.4, 0.5) is 28.4 Å². The Bertz CT molecular complexity index is 3030. The van der Waals surface area contributed by atoms with Crippen molar-refractivity contribution in [1.82, 2.24) is 0 Å².